The molecule has 5 heteroatoms. The molecule has 0 N–H and O–H groups in total. The van der Waals surface area contributed by atoms with Gasteiger partial charge in [-0.05, 0) is 18.2 Å². The number of benzene rings is 2. The summed E-state index contributed by atoms with van der Waals surface area (Å²) in [5.41, 5.74) is 6.50. The number of hydrogen-bond acceptors (Lipinski definition) is 5. The second-order valence-electron chi connectivity index (χ2n) is 5.74. The standard InChI is InChI=1S/C18H17N3O2/c1-12(22)23-19-14-10-11-21-16-8-4-3-7-15(16)20(2)17-9-5-6-13(14)18(17)21/h3-9H,10-11H2,1-2H3/b19-14+. The molecular formula is C18H17N3O2. The van der Waals surface area contributed by atoms with Crippen LogP contribution in [0, 0.1) is 0 Å². The van der Waals surface area contributed by atoms with E-state index in [0.717, 1.165) is 35.6 Å². The van der Waals surface area contributed by atoms with Gasteiger partial charge in [0.2, 0.25) is 0 Å². The molecule has 4 rings (SSSR count). The molecular weight excluding hydrogens is 290 g/mol. The van der Waals surface area contributed by atoms with Gasteiger partial charge in [-0.3, -0.25) is 0 Å². The van der Waals surface area contributed by atoms with Crippen molar-refractivity contribution in [3.63, 3.8) is 0 Å². The van der Waals surface area contributed by atoms with Gasteiger partial charge >= 0.3 is 5.97 Å². The van der Waals surface area contributed by atoms with Crippen LogP contribution < -0.4 is 9.80 Å². The Morgan fingerprint density at radius 2 is 1.83 bits per heavy atom. The molecule has 5 nitrogen and oxygen atoms in total. The second-order valence-corrected chi connectivity index (χ2v) is 5.74. The van der Waals surface area contributed by atoms with E-state index >= 15 is 0 Å². The number of hydrogen-bond donors (Lipinski definition) is 0. The Balaban J connectivity index is 1.89. The molecule has 23 heavy (non-hydrogen) atoms. The van der Waals surface area contributed by atoms with Gasteiger partial charge in [0, 0.05) is 32.5 Å². The van der Waals surface area contributed by atoms with Crippen molar-refractivity contribution >= 4 is 34.4 Å². The molecule has 0 bridgehead atoms. The van der Waals surface area contributed by atoms with E-state index in [0.29, 0.717) is 0 Å². The number of anilines is 4. The number of carbonyl (C=O) groups excluding carboxylic acids is 1. The fourth-order valence-corrected chi connectivity index (χ4v) is 3.34. The van der Waals surface area contributed by atoms with E-state index < -0.39 is 5.97 Å². The molecule has 116 valence electrons. The molecule has 2 aliphatic rings. The minimum absolute atomic E-state index is 0.396. The summed E-state index contributed by atoms with van der Waals surface area (Å²) in [6.45, 7) is 2.18. The van der Waals surface area contributed by atoms with Crippen LogP contribution in [0.1, 0.15) is 18.9 Å². The highest BCUT2D eigenvalue weighted by Gasteiger charge is 2.32. The third-order valence-corrected chi connectivity index (χ3v) is 4.35. The number of rotatable bonds is 1. The van der Waals surface area contributed by atoms with Gasteiger partial charge in [-0.1, -0.05) is 29.4 Å². The van der Waals surface area contributed by atoms with Crippen LogP contribution >= 0.6 is 0 Å². The molecule has 0 spiro atoms. The maximum Gasteiger partial charge on any atom is 0.331 e. The van der Waals surface area contributed by atoms with Crippen LogP contribution in [0.4, 0.5) is 22.7 Å². The zero-order valence-corrected chi connectivity index (χ0v) is 13.1. The third kappa shape index (κ3) is 2.08. The van der Waals surface area contributed by atoms with Crippen molar-refractivity contribution in [2.24, 2.45) is 5.16 Å². The Kier molecular flexibility index (Phi) is 3.08. The maximum absolute atomic E-state index is 11.1. The normalized spacial score (nSPS) is 16.9. The Bertz CT molecular complexity index is 829. The summed E-state index contributed by atoms with van der Waals surface area (Å²) < 4.78 is 0. The average molecular weight is 307 g/mol. The lowest BCUT2D eigenvalue weighted by Gasteiger charge is -2.42. The zero-order chi connectivity index (χ0) is 16.0. The number of carbonyl (C=O) groups is 1. The smallest absolute Gasteiger partial charge is 0.331 e. The second kappa shape index (κ2) is 5.12. The fourth-order valence-electron chi connectivity index (χ4n) is 3.34. The first-order valence-corrected chi connectivity index (χ1v) is 7.65. The monoisotopic (exact) mass is 307 g/mol. The summed E-state index contributed by atoms with van der Waals surface area (Å²) in [7, 11) is 2.07. The molecule has 0 unspecified atom stereocenters. The molecule has 2 aromatic carbocycles. The van der Waals surface area contributed by atoms with E-state index in [1.807, 2.05) is 12.1 Å². The Morgan fingerprint density at radius 1 is 1.09 bits per heavy atom. The molecule has 0 fully saturated rings. The first-order chi connectivity index (χ1) is 11.2. The molecule has 2 aliphatic heterocycles. The lowest BCUT2D eigenvalue weighted by molar-refractivity contribution is -0.140. The van der Waals surface area contributed by atoms with E-state index in [9.17, 15) is 4.79 Å². The number of oxime groups is 1. The topological polar surface area (TPSA) is 45.1 Å². The van der Waals surface area contributed by atoms with Crippen molar-refractivity contribution in [3.05, 3.63) is 48.0 Å². The van der Waals surface area contributed by atoms with Gasteiger partial charge in [-0.25, -0.2) is 4.79 Å². The molecule has 0 amide bonds. The van der Waals surface area contributed by atoms with Crippen molar-refractivity contribution in [1.82, 2.24) is 0 Å². The summed E-state index contributed by atoms with van der Waals surface area (Å²) in [4.78, 5) is 20.5. The SMILES string of the molecule is CC(=O)O/N=C1\CCN2c3ccccc3N(C)c3cccc1c32. The van der Waals surface area contributed by atoms with Gasteiger partial charge in [-0.2, -0.15) is 0 Å². The van der Waals surface area contributed by atoms with Crippen molar-refractivity contribution in [3.8, 4) is 0 Å². The maximum atomic E-state index is 11.1. The van der Waals surface area contributed by atoms with Crippen LogP contribution in [0.5, 0.6) is 0 Å². The quantitative estimate of drug-likeness (QED) is 0.597. The van der Waals surface area contributed by atoms with Gasteiger partial charge in [0.15, 0.2) is 0 Å². The van der Waals surface area contributed by atoms with E-state index in [1.165, 1.54) is 18.3 Å². The van der Waals surface area contributed by atoms with Crippen molar-refractivity contribution in [1.29, 1.82) is 0 Å². The van der Waals surface area contributed by atoms with E-state index in [4.69, 9.17) is 4.84 Å². The van der Waals surface area contributed by atoms with E-state index in [2.05, 4.69) is 52.3 Å². The van der Waals surface area contributed by atoms with Gasteiger partial charge in [0.1, 0.15) is 0 Å². The molecule has 0 atom stereocenters. The predicted octanol–water partition coefficient (Wildman–Crippen LogP) is 3.58. The van der Waals surface area contributed by atoms with E-state index in [-0.39, 0.29) is 0 Å². The summed E-state index contributed by atoms with van der Waals surface area (Å²) >= 11 is 0. The number of nitrogens with zero attached hydrogens (tertiary/aromatic N) is 3. The van der Waals surface area contributed by atoms with Crippen LogP contribution in [0.2, 0.25) is 0 Å². The van der Waals surface area contributed by atoms with Gasteiger partial charge in [0.05, 0.1) is 28.5 Å². The van der Waals surface area contributed by atoms with Crippen molar-refractivity contribution in [2.75, 3.05) is 23.4 Å². The summed E-state index contributed by atoms with van der Waals surface area (Å²) in [5, 5.41) is 4.06. The van der Waals surface area contributed by atoms with Gasteiger partial charge in [-0.15, -0.1) is 0 Å². The van der Waals surface area contributed by atoms with E-state index in [1.54, 1.807) is 0 Å². The molecule has 0 saturated carbocycles. The fraction of sp³-hybridized carbons (Fsp3) is 0.222. The Morgan fingerprint density at radius 3 is 2.61 bits per heavy atom. The van der Waals surface area contributed by atoms with Crippen LogP contribution in [0.25, 0.3) is 0 Å². The summed E-state index contributed by atoms with van der Waals surface area (Å²) in [6, 6.07) is 14.6. The summed E-state index contributed by atoms with van der Waals surface area (Å²) in [6.07, 6.45) is 0.738. The molecule has 0 aliphatic carbocycles. The molecule has 0 aromatic heterocycles. The van der Waals surface area contributed by atoms with Crippen LogP contribution in [0.3, 0.4) is 0 Å². The minimum atomic E-state index is -0.396. The molecule has 0 radical (unpaired) electrons. The van der Waals surface area contributed by atoms with Crippen LogP contribution in [-0.2, 0) is 9.63 Å². The minimum Gasteiger partial charge on any atom is -0.341 e. The van der Waals surface area contributed by atoms with Crippen LogP contribution in [-0.4, -0.2) is 25.3 Å². The van der Waals surface area contributed by atoms with Crippen molar-refractivity contribution in [2.45, 2.75) is 13.3 Å². The zero-order valence-electron chi connectivity index (χ0n) is 13.1. The third-order valence-electron chi connectivity index (χ3n) is 4.35. The highest BCUT2D eigenvalue weighted by Crippen LogP contribution is 2.50. The van der Waals surface area contributed by atoms with Crippen LogP contribution in [0.15, 0.2) is 47.6 Å². The highest BCUT2D eigenvalue weighted by atomic mass is 16.7. The highest BCUT2D eigenvalue weighted by molar-refractivity contribution is 6.12. The first kappa shape index (κ1) is 13.8. The largest absolute Gasteiger partial charge is 0.341 e. The first-order valence-electron chi connectivity index (χ1n) is 7.65. The Labute approximate surface area is 134 Å². The lowest BCUT2D eigenvalue weighted by Crippen LogP contribution is -2.34. The van der Waals surface area contributed by atoms with Crippen molar-refractivity contribution < 1.29 is 9.63 Å². The molecule has 2 aromatic rings. The summed E-state index contributed by atoms with van der Waals surface area (Å²) in [5.74, 6) is -0.396. The molecule has 0 saturated heterocycles. The number of para-hydroxylation sites is 3. The molecule has 2 heterocycles. The Hall–Kier alpha value is -2.82. The predicted molar refractivity (Wildman–Crippen MR) is 90.9 cm³/mol. The number of fused-ring (bicyclic) bond motifs is 2. The van der Waals surface area contributed by atoms with Gasteiger partial charge < -0.3 is 14.6 Å². The average Bonchev–Trinajstić information content (AvgIpc) is 2.58. The van der Waals surface area contributed by atoms with Gasteiger partial charge in [0.25, 0.3) is 0 Å². The lowest BCUT2D eigenvalue weighted by atomic mass is 9.95.